The Hall–Kier alpha value is -1.57. The minimum Gasteiger partial charge on any atom is -0.289 e. The van der Waals surface area contributed by atoms with Crippen molar-refractivity contribution in [3.8, 4) is 5.75 Å². The highest BCUT2D eigenvalue weighted by molar-refractivity contribution is 5.84. The number of aromatic nitrogens is 1. The van der Waals surface area contributed by atoms with Crippen molar-refractivity contribution in [2.24, 2.45) is 0 Å². The van der Waals surface area contributed by atoms with Crippen LogP contribution in [0, 0.1) is 6.92 Å². The molecule has 1 heterocycles. The summed E-state index contributed by atoms with van der Waals surface area (Å²) in [5.74, 6) is 0.0417. The normalized spacial score (nSPS) is 10.4. The molecule has 0 fully saturated rings. The van der Waals surface area contributed by atoms with E-state index in [1.54, 1.807) is 6.20 Å². The molecule has 0 unspecified atom stereocenters. The smallest absolute Gasteiger partial charge is 0.189 e. The molecule has 2 nitrogen and oxygen atoms in total. The zero-order valence-electron chi connectivity index (χ0n) is 6.74. The summed E-state index contributed by atoms with van der Waals surface area (Å²) >= 11 is 0. The average molecular weight is 158 g/mol. The van der Waals surface area contributed by atoms with E-state index in [4.69, 9.17) is 0 Å². The lowest BCUT2D eigenvalue weighted by molar-refractivity contribution is 0.360. The maximum absolute atomic E-state index is 11.3. The Morgan fingerprint density at radius 1 is 1.25 bits per heavy atom. The maximum Gasteiger partial charge on any atom is 0.189 e. The van der Waals surface area contributed by atoms with Gasteiger partial charge in [-0.05, 0) is 24.6 Å². The monoisotopic (exact) mass is 158 g/mol. The predicted octanol–water partition coefficient (Wildman–Crippen LogP) is 2.69. The molecule has 0 N–H and O–H groups in total. The molecule has 59 valence electrons. The van der Waals surface area contributed by atoms with Crippen molar-refractivity contribution >= 4 is 10.9 Å². The number of rotatable bonds is 0. The second-order valence-electron chi connectivity index (χ2n) is 2.83. The maximum atomic E-state index is 11.3. The SMILES string of the molecule is Cc1ccc2c([O])ccnc2c1. The number of pyridine rings is 1. The number of fused-ring (bicyclic) bond motifs is 1. The van der Waals surface area contributed by atoms with Gasteiger partial charge in [0, 0.05) is 17.6 Å². The molecule has 0 spiro atoms. The average Bonchev–Trinajstić information content (AvgIpc) is 2.04. The summed E-state index contributed by atoms with van der Waals surface area (Å²) in [5.41, 5.74) is 1.91. The highest BCUT2D eigenvalue weighted by atomic mass is 16.3. The Labute approximate surface area is 70.5 Å². The van der Waals surface area contributed by atoms with E-state index >= 15 is 0 Å². The predicted molar refractivity (Wildman–Crippen MR) is 46.6 cm³/mol. The number of nitrogens with zero attached hydrogens (tertiary/aromatic N) is 1. The zero-order valence-corrected chi connectivity index (χ0v) is 6.74. The van der Waals surface area contributed by atoms with Crippen molar-refractivity contribution in [1.82, 2.24) is 4.98 Å². The molecule has 0 atom stereocenters. The van der Waals surface area contributed by atoms with Crippen molar-refractivity contribution in [3.05, 3.63) is 36.0 Å². The highest BCUT2D eigenvalue weighted by Gasteiger charge is 2.00. The summed E-state index contributed by atoms with van der Waals surface area (Å²) in [6.45, 7) is 1.98. The molecule has 0 aliphatic carbocycles. The van der Waals surface area contributed by atoms with Gasteiger partial charge in [0.15, 0.2) is 5.75 Å². The van der Waals surface area contributed by atoms with Crippen molar-refractivity contribution in [3.63, 3.8) is 0 Å². The van der Waals surface area contributed by atoms with Gasteiger partial charge in [-0.25, -0.2) is 0 Å². The van der Waals surface area contributed by atoms with E-state index in [0.717, 1.165) is 11.1 Å². The van der Waals surface area contributed by atoms with Gasteiger partial charge in [-0.1, -0.05) is 6.07 Å². The lowest BCUT2D eigenvalue weighted by Crippen LogP contribution is -1.79. The lowest BCUT2D eigenvalue weighted by atomic mass is 10.1. The van der Waals surface area contributed by atoms with Crippen LogP contribution in [-0.2, 0) is 5.11 Å². The molecule has 2 rings (SSSR count). The minimum absolute atomic E-state index is 0.0417. The van der Waals surface area contributed by atoms with E-state index < -0.39 is 0 Å². The molecule has 0 aliphatic rings. The summed E-state index contributed by atoms with van der Waals surface area (Å²) in [5, 5.41) is 11.9. The van der Waals surface area contributed by atoms with Crippen LogP contribution in [0.25, 0.3) is 10.9 Å². The van der Waals surface area contributed by atoms with Crippen LogP contribution in [0.1, 0.15) is 5.56 Å². The molecule has 0 saturated carbocycles. The van der Waals surface area contributed by atoms with Crippen molar-refractivity contribution in [1.29, 1.82) is 0 Å². The Balaban J connectivity index is 2.86. The fourth-order valence-corrected chi connectivity index (χ4v) is 1.23. The van der Waals surface area contributed by atoms with Crippen LogP contribution in [0.15, 0.2) is 30.5 Å². The van der Waals surface area contributed by atoms with Crippen LogP contribution >= 0.6 is 0 Å². The van der Waals surface area contributed by atoms with Crippen molar-refractivity contribution in [2.75, 3.05) is 0 Å². The molecule has 2 heteroatoms. The lowest BCUT2D eigenvalue weighted by Gasteiger charge is -1.97. The summed E-state index contributed by atoms with van der Waals surface area (Å²) in [4.78, 5) is 4.10. The quantitative estimate of drug-likeness (QED) is 0.580. The molecule has 12 heavy (non-hydrogen) atoms. The van der Waals surface area contributed by atoms with Gasteiger partial charge in [0.1, 0.15) is 0 Å². The minimum atomic E-state index is 0.0417. The van der Waals surface area contributed by atoms with Crippen molar-refractivity contribution < 1.29 is 5.11 Å². The molecule has 1 aromatic carbocycles. The molecule has 0 aliphatic heterocycles. The van der Waals surface area contributed by atoms with Gasteiger partial charge in [-0.3, -0.25) is 10.1 Å². The van der Waals surface area contributed by atoms with E-state index in [1.807, 2.05) is 25.1 Å². The van der Waals surface area contributed by atoms with Crippen LogP contribution in [0.5, 0.6) is 5.75 Å². The Bertz CT molecular complexity index is 423. The Morgan fingerprint density at radius 3 is 2.92 bits per heavy atom. The van der Waals surface area contributed by atoms with Gasteiger partial charge >= 0.3 is 0 Å². The third-order valence-electron chi connectivity index (χ3n) is 1.86. The molecule has 0 amide bonds. The zero-order chi connectivity index (χ0) is 8.55. The first-order valence-electron chi connectivity index (χ1n) is 3.80. The molecular formula is C10H8NO. The summed E-state index contributed by atoms with van der Waals surface area (Å²) in [6, 6.07) is 7.14. The van der Waals surface area contributed by atoms with Gasteiger partial charge in [0.05, 0.1) is 5.52 Å². The van der Waals surface area contributed by atoms with Crippen LogP contribution in [0.3, 0.4) is 0 Å². The second kappa shape index (κ2) is 2.48. The number of hydrogen-bond donors (Lipinski definition) is 0. The Kier molecular flexibility index (Phi) is 1.47. The molecule has 1 radical (unpaired) electrons. The fourth-order valence-electron chi connectivity index (χ4n) is 1.23. The van der Waals surface area contributed by atoms with E-state index in [-0.39, 0.29) is 5.75 Å². The third kappa shape index (κ3) is 1.01. The van der Waals surface area contributed by atoms with Crippen molar-refractivity contribution in [2.45, 2.75) is 6.92 Å². The number of hydrogen-bond acceptors (Lipinski definition) is 1. The van der Waals surface area contributed by atoms with Gasteiger partial charge in [-0.2, -0.15) is 0 Å². The molecule has 2 aromatic rings. The molecular weight excluding hydrogens is 150 g/mol. The first-order valence-corrected chi connectivity index (χ1v) is 3.80. The van der Waals surface area contributed by atoms with Crippen LogP contribution in [0.2, 0.25) is 0 Å². The number of benzene rings is 1. The summed E-state index contributed by atoms with van der Waals surface area (Å²) in [7, 11) is 0. The first kappa shape index (κ1) is 7.10. The summed E-state index contributed by atoms with van der Waals surface area (Å²) < 4.78 is 0. The fraction of sp³-hybridized carbons (Fsp3) is 0.100. The molecule has 0 saturated heterocycles. The molecule has 0 bridgehead atoms. The van der Waals surface area contributed by atoms with Crippen LogP contribution in [-0.4, -0.2) is 4.98 Å². The largest absolute Gasteiger partial charge is 0.289 e. The van der Waals surface area contributed by atoms with Crippen LogP contribution < -0.4 is 0 Å². The van der Waals surface area contributed by atoms with Crippen LogP contribution in [0.4, 0.5) is 0 Å². The third-order valence-corrected chi connectivity index (χ3v) is 1.86. The second-order valence-corrected chi connectivity index (χ2v) is 2.83. The number of aryl methyl sites for hydroxylation is 1. The van der Waals surface area contributed by atoms with Gasteiger partial charge in [0.2, 0.25) is 0 Å². The van der Waals surface area contributed by atoms with E-state index in [9.17, 15) is 5.11 Å². The topological polar surface area (TPSA) is 32.8 Å². The molecule has 1 aromatic heterocycles. The standard InChI is InChI=1S/C10H8NO/c1-7-2-3-8-9(6-7)11-5-4-10(8)12/h2-6H,1H3. The highest BCUT2D eigenvalue weighted by Crippen LogP contribution is 2.23. The van der Waals surface area contributed by atoms with E-state index in [2.05, 4.69) is 4.98 Å². The van der Waals surface area contributed by atoms with Gasteiger partial charge in [-0.15, -0.1) is 0 Å². The van der Waals surface area contributed by atoms with Gasteiger partial charge in [0.25, 0.3) is 0 Å². The first-order chi connectivity index (χ1) is 5.77. The van der Waals surface area contributed by atoms with E-state index in [1.165, 1.54) is 6.07 Å². The van der Waals surface area contributed by atoms with Gasteiger partial charge < -0.3 is 0 Å². The van der Waals surface area contributed by atoms with E-state index in [0.29, 0.717) is 5.39 Å². The summed E-state index contributed by atoms with van der Waals surface area (Å²) in [6.07, 6.45) is 1.55. The Morgan fingerprint density at radius 2 is 2.08 bits per heavy atom.